The molecule has 0 unspecified atom stereocenters. The van der Waals surface area contributed by atoms with Crippen LogP contribution in [0.2, 0.25) is 0 Å². The molecule has 2 aromatic rings. The molecule has 22 heavy (non-hydrogen) atoms. The molecule has 0 aliphatic carbocycles. The quantitative estimate of drug-likeness (QED) is 0.834. The number of hydrogen-bond donors (Lipinski definition) is 0. The van der Waals surface area contributed by atoms with Gasteiger partial charge in [-0.2, -0.15) is 0 Å². The van der Waals surface area contributed by atoms with Crippen LogP contribution in [0.15, 0.2) is 47.1 Å². The van der Waals surface area contributed by atoms with Crippen molar-refractivity contribution in [3.05, 3.63) is 52.6 Å². The molecule has 0 N–H and O–H groups in total. The van der Waals surface area contributed by atoms with Crippen LogP contribution >= 0.6 is 15.9 Å². The summed E-state index contributed by atoms with van der Waals surface area (Å²) in [4.78, 5) is 8.94. The Balaban J connectivity index is 1.64. The fraction of sp³-hybridized carbons (Fsp3) is 0.353. The molecule has 116 valence electrons. The van der Waals surface area contributed by atoms with Crippen molar-refractivity contribution >= 4 is 27.4 Å². The Morgan fingerprint density at radius 1 is 1.14 bits per heavy atom. The van der Waals surface area contributed by atoms with Gasteiger partial charge in [0.25, 0.3) is 0 Å². The third-order valence-corrected chi connectivity index (χ3v) is 4.30. The predicted molar refractivity (Wildman–Crippen MR) is 93.5 cm³/mol. The van der Waals surface area contributed by atoms with E-state index in [0.29, 0.717) is 0 Å². The third kappa shape index (κ3) is 3.78. The number of nitrogens with zero attached hydrogens (tertiary/aromatic N) is 3. The van der Waals surface area contributed by atoms with Gasteiger partial charge in [-0.1, -0.05) is 12.1 Å². The first-order valence-electron chi connectivity index (χ1n) is 7.47. The van der Waals surface area contributed by atoms with Crippen molar-refractivity contribution in [1.82, 2.24) is 4.98 Å². The van der Waals surface area contributed by atoms with E-state index in [9.17, 15) is 0 Å². The zero-order chi connectivity index (χ0) is 15.4. The average Bonchev–Trinajstić information content (AvgIpc) is 2.57. The molecule has 2 heterocycles. The Morgan fingerprint density at radius 3 is 2.50 bits per heavy atom. The summed E-state index contributed by atoms with van der Waals surface area (Å²) in [5.41, 5.74) is 2.56. The lowest BCUT2D eigenvalue weighted by Gasteiger charge is -2.29. The van der Waals surface area contributed by atoms with E-state index in [0.717, 1.165) is 43.1 Å². The minimum atomic E-state index is 0.819. The molecule has 0 bridgehead atoms. The molecule has 0 radical (unpaired) electrons. The first-order chi connectivity index (χ1) is 10.7. The highest BCUT2D eigenvalue weighted by Crippen LogP contribution is 2.19. The first-order valence-corrected chi connectivity index (χ1v) is 8.26. The molecule has 0 amide bonds. The minimum absolute atomic E-state index is 0.819. The number of anilines is 2. The Morgan fingerprint density at radius 2 is 1.86 bits per heavy atom. The van der Waals surface area contributed by atoms with Crippen LogP contribution < -0.4 is 9.80 Å². The molecule has 0 atom stereocenters. The number of morpholine rings is 1. The highest BCUT2D eigenvalue weighted by molar-refractivity contribution is 9.10. The molecule has 3 rings (SSSR count). The summed E-state index contributed by atoms with van der Waals surface area (Å²) in [6, 6.07) is 12.8. The standard InChI is InChI=1S/C17H20BrN3O/c1-20(17-7-4-15(18)12-19-17)13-14-2-5-16(6-3-14)21-8-10-22-11-9-21/h2-7,12H,8-11,13H2,1H3. The van der Waals surface area contributed by atoms with E-state index in [1.165, 1.54) is 11.3 Å². The number of benzene rings is 1. The minimum Gasteiger partial charge on any atom is -0.378 e. The fourth-order valence-electron chi connectivity index (χ4n) is 2.58. The number of rotatable bonds is 4. The molecule has 1 aliphatic rings. The van der Waals surface area contributed by atoms with Crippen molar-refractivity contribution in [3.63, 3.8) is 0 Å². The lowest BCUT2D eigenvalue weighted by atomic mass is 10.1. The summed E-state index contributed by atoms with van der Waals surface area (Å²) in [7, 11) is 2.06. The van der Waals surface area contributed by atoms with Gasteiger partial charge in [0, 0.05) is 43.0 Å². The van der Waals surface area contributed by atoms with Crippen LogP contribution in [0.3, 0.4) is 0 Å². The van der Waals surface area contributed by atoms with Gasteiger partial charge >= 0.3 is 0 Å². The van der Waals surface area contributed by atoms with Crippen LogP contribution in [0.5, 0.6) is 0 Å². The maximum absolute atomic E-state index is 5.40. The van der Waals surface area contributed by atoms with Crippen molar-refractivity contribution in [2.24, 2.45) is 0 Å². The molecular formula is C17H20BrN3O. The highest BCUT2D eigenvalue weighted by Gasteiger charge is 2.11. The van der Waals surface area contributed by atoms with E-state index in [2.05, 4.69) is 62.0 Å². The topological polar surface area (TPSA) is 28.6 Å². The van der Waals surface area contributed by atoms with Crippen LogP contribution in [-0.4, -0.2) is 38.3 Å². The predicted octanol–water partition coefficient (Wildman–Crippen LogP) is 3.32. The second-order valence-electron chi connectivity index (χ2n) is 5.46. The van der Waals surface area contributed by atoms with Crippen molar-refractivity contribution in [2.45, 2.75) is 6.54 Å². The molecule has 5 heteroatoms. The highest BCUT2D eigenvalue weighted by atomic mass is 79.9. The first kappa shape index (κ1) is 15.3. The molecular weight excluding hydrogens is 342 g/mol. The Labute approximate surface area is 139 Å². The van der Waals surface area contributed by atoms with Gasteiger partial charge in [0.15, 0.2) is 0 Å². The van der Waals surface area contributed by atoms with Crippen molar-refractivity contribution in [1.29, 1.82) is 0 Å². The lowest BCUT2D eigenvalue weighted by Crippen LogP contribution is -2.36. The summed E-state index contributed by atoms with van der Waals surface area (Å²) in [5.74, 6) is 0.973. The second kappa shape index (κ2) is 7.11. The molecule has 1 aromatic heterocycles. The van der Waals surface area contributed by atoms with Crippen LogP contribution in [0.1, 0.15) is 5.56 Å². The zero-order valence-corrected chi connectivity index (χ0v) is 14.3. The van der Waals surface area contributed by atoms with Gasteiger partial charge in [-0.25, -0.2) is 4.98 Å². The molecule has 0 saturated carbocycles. The monoisotopic (exact) mass is 361 g/mol. The number of pyridine rings is 1. The maximum atomic E-state index is 5.40. The summed E-state index contributed by atoms with van der Waals surface area (Å²) in [6.45, 7) is 4.43. The van der Waals surface area contributed by atoms with E-state index in [-0.39, 0.29) is 0 Å². The van der Waals surface area contributed by atoms with E-state index in [4.69, 9.17) is 4.74 Å². The van der Waals surface area contributed by atoms with Gasteiger partial charge in [0.2, 0.25) is 0 Å². The van der Waals surface area contributed by atoms with E-state index < -0.39 is 0 Å². The van der Waals surface area contributed by atoms with Crippen LogP contribution in [0, 0.1) is 0 Å². The van der Waals surface area contributed by atoms with Gasteiger partial charge in [-0.15, -0.1) is 0 Å². The summed E-state index contributed by atoms with van der Waals surface area (Å²) in [6.07, 6.45) is 1.83. The second-order valence-corrected chi connectivity index (χ2v) is 6.37. The van der Waals surface area contributed by atoms with Gasteiger partial charge in [0.1, 0.15) is 5.82 Å². The molecule has 1 saturated heterocycles. The van der Waals surface area contributed by atoms with Crippen LogP contribution in [-0.2, 0) is 11.3 Å². The van der Waals surface area contributed by atoms with Gasteiger partial charge < -0.3 is 14.5 Å². The molecule has 4 nitrogen and oxygen atoms in total. The maximum Gasteiger partial charge on any atom is 0.128 e. The lowest BCUT2D eigenvalue weighted by molar-refractivity contribution is 0.122. The number of aromatic nitrogens is 1. The van der Waals surface area contributed by atoms with Crippen LogP contribution in [0.25, 0.3) is 0 Å². The SMILES string of the molecule is CN(Cc1ccc(N2CCOCC2)cc1)c1ccc(Br)cn1. The van der Waals surface area contributed by atoms with Gasteiger partial charge in [0.05, 0.1) is 13.2 Å². The summed E-state index contributed by atoms with van der Waals surface area (Å²) < 4.78 is 6.40. The molecule has 1 aliphatic heterocycles. The summed E-state index contributed by atoms with van der Waals surface area (Å²) in [5, 5.41) is 0. The zero-order valence-electron chi connectivity index (χ0n) is 12.7. The normalized spacial score (nSPS) is 14.9. The van der Waals surface area contributed by atoms with E-state index in [1.807, 2.05) is 18.3 Å². The summed E-state index contributed by atoms with van der Waals surface area (Å²) >= 11 is 3.41. The Bertz CT molecular complexity index is 594. The Kier molecular flexibility index (Phi) is 4.95. The van der Waals surface area contributed by atoms with Crippen molar-refractivity contribution in [3.8, 4) is 0 Å². The molecule has 1 fully saturated rings. The fourth-order valence-corrected chi connectivity index (χ4v) is 2.82. The number of ether oxygens (including phenoxy) is 1. The largest absolute Gasteiger partial charge is 0.378 e. The van der Waals surface area contributed by atoms with Gasteiger partial charge in [-0.05, 0) is 45.8 Å². The van der Waals surface area contributed by atoms with Crippen molar-refractivity contribution < 1.29 is 4.74 Å². The number of hydrogen-bond acceptors (Lipinski definition) is 4. The molecule has 1 aromatic carbocycles. The third-order valence-electron chi connectivity index (χ3n) is 3.84. The van der Waals surface area contributed by atoms with Crippen molar-refractivity contribution in [2.75, 3.05) is 43.2 Å². The van der Waals surface area contributed by atoms with E-state index >= 15 is 0 Å². The van der Waals surface area contributed by atoms with Crippen LogP contribution in [0.4, 0.5) is 11.5 Å². The molecule has 0 spiro atoms. The smallest absolute Gasteiger partial charge is 0.128 e. The average molecular weight is 362 g/mol. The van der Waals surface area contributed by atoms with E-state index in [1.54, 1.807) is 0 Å². The van der Waals surface area contributed by atoms with Gasteiger partial charge in [-0.3, -0.25) is 0 Å². The Hall–Kier alpha value is -1.59. The number of halogens is 1.